The molecule has 1 amide bonds. The summed E-state index contributed by atoms with van der Waals surface area (Å²) in [4.78, 5) is 24.4. The second kappa shape index (κ2) is 10.4. The van der Waals surface area contributed by atoms with Gasteiger partial charge in [-0.15, -0.1) is 0 Å². The van der Waals surface area contributed by atoms with Crippen LogP contribution in [-0.4, -0.2) is 39.3 Å². The number of methoxy groups -OCH3 is 2. The summed E-state index contributed by atoms with van der Waals surface area (Å²) in [5.41, 5.74) is 1.91. The largest absolute Gasteiger partial charge is 0.493 e. The summed E-state index contributed by atoms with van der Waals surface area (Å²) >= 11 is 0. The maximum absolute atomic E-state index is 12.7. The molecular formula is C21H23F2NO6. The smallest absolute Gasteiger partial charge is 0.387 e. The fraction of sp³-hybridized carbons (Fsp3) is 0.333. The number of esters is 1. The topological polar surface area (TPSA) is 83.1 Å². The molecule has 0 aliphatic heterocycles. The van der Waals surface area contributed by atoms with E-state index in [0.717, 1.165) is 30.4 Å². The first kappa shape index (κ1) is 22.9. The summed E-state index contributed by atoms with van der Waals surface area (Å²) in [5.74, 6) is -1.04. The number of aryl methyl sites for hydroxylation is 1. The Balaban J connectivity index is 2.15. The minimum atomic E-state index is -3.11. The quantitative estimate of drug-likeness (QED) is 0.612. The number of halogens is 2. The van der Waals surface area contributed by atoms with E-state index >= 15 is 0 Å². The molecular weight excluding hydrogens is 400 g/mol. The summed E-state index contributed by atoms with van der Waals surface area (Å²) in [6, 6.07) is 7.84. The maximum atomic E-state index is 12.7. The van der Waals surface area contributed by atoms with Gasteiger partial charge in [0.25, 0.3) is 0 Å². The highest BCUT2D eigenvalue weighted by Gasteiger charge is 2.21. The van der Waals surface area contributed by atoms with Crippen LogP contribution in [0.1, 0.15) is 27.9 Å². The molecule has 0 saturated carbocycles. The monoisotopic (exact) mass is 423 g/mol. The van der Waals surface area contributed by atoms with Gasteiger partial charge in [-0.2, -0.15) is 8.78 Å². The molecule has 0 aliphatic rings. The minimum Gasteiger partial charge on any atom is -0.493 e. The van der Waals surface area contributed by atoms with Gasteiger partial charge in [-0.3, -0.25) is 4.79 Å². The standard InChI is InChI=1S/C21H23F2NO6/c1-12-6-5-7-16(13(12)2)29-9-8-19(25)24-15-11-18(30-21(22)23)17(27-3)10-14(15)20(26)28-4/h5-7,10-11,21H,8-9H2,1-4H3,(H,24,25). The lowest BCUT2D eigenvalue weighted by Gasteiger charge is -2.16. The van der Waals surface area contributed by atoms with Gasteiger partial charge in [-0.1, -0.05) is 12.1 Å². The number of nitrogens with one attached hydrogen (secondary N) is 1. The van der Waals surface area contributed by atoms with Gasteiger partial charge < -0.3 is 24.3 Å². The zero-order chi connectivity index (χ0) is 22.3. The Kier molecular flexibility index (Phi) is 7.97. The Hall–Kier alpha value is -3.36. The third-order valence-electron chi connectivity index (χ3n) is 4.34. The van der Waals surface area contributed by atoms with Crippen molar-refractivity contribution in [2.24, 2.45) is 0 Å². The van der Waals surface area contributed by atoms with Crippen LogP contribution in [0.4, 0.5) is 14.5 Å². The molecule has 2 aromatic carbocycles. The van der Waals surface area contributed by atoms with Gasteiger partial charge in [0.05, 0.1) is 38.5 Å². The molecule has 0 spiro atoms. The van der Waals surface area contributed by atoms with E-state index in [-0.39, 0.29) is 35.8 Å². The summed E-state index contributed by atoms with van der Waals surface area (Å²) in [6.07, 6.45) is -0.0366. The SMILES string of the molecule is COC(=O)c1cc(OC)c(OC(F)F)cc1NC(=O)CCOc1cccc(C)c1C. The van der Waals surface area contributed by atoms with E-state index in [1.165, 1.54) is 7.11 Å². The van der Waals surface area contributed by atoms with Gasteiger partial charge >= 0.3 is 12.6 Å². The lowest BCUT2D eigenvalue weighted by molar-refractivity contribution is -0.116. The van der Waals surface area contributed by atoms with Crippen molar-refractivity contribution in [1.29, 1.82) is 0 Å². The number of alkyl halides is 2. The van der Waals surface area contributed by atoms with E-state index in [9.17, 15) is 18.4 Å². The second-order valence-corrected chi connectivity index (χ2v) is 6.26. The molecule has 0 fully saturated rings. The van der Waals surface area contributed by atoms with Crippen molar-refractivity contribution in [3.05, 3.63) is 47.0 Å². The van der Waals surface area contributed by atoms with Crippen molar-refractivity contribution >= 4 is 17.6 Å². The lowest BCUT2D eigenvalue weighted by atomic mass is 10.1. The average Bonchev–Trinajstić information content (AvgIpc) is 2.70. The van der Waals surface area contributed by atoms with Crippen LogP contribution in [0.2, 0.25) is 0 Å². The third-order valence-corrected chi connectivity index (χ3v) is 4.34. The van der Waals surface area contributed by atoms with Crippen LogP contribution in [0, 0.1) is 13.8 Å². The van der Waals surface area contributed by atoms with Crippen LogP contribution in [-0.2, 0) is 9.53 Å². The predicted molar refractivity (Wildman–Crippen MR) is 106 cm³/mol. The van der Waals surface area contributed by atoms with E-state index in [2.05, 4.69) is 14.8 Å². The van der Waals surface area contributed by atoms with E-state index in [1.54, 1.807) is 6.07 Å². The molecule has 0 unspecified atom stereocenters. The molecule has 0 aromatic heterocycles. The maximum Gasteiger partial charge on any atom is 0.387 e. The molecule has 2 aromatic rings. The highest BCUT2D eigenvalue weighted by Crippen LogP contribution is 2.35. The van der Waals surface area contributed by atoms with Crippen molar-refractivity contribution in [3.8, 4) is 17.2 Å². The van der Waals surface area contributed by atoms with Gasteiger partial charge in [0.15, 0.2) is 11.5 Å². The number of hydrogen-bond donors (Lipinski definition) is 1. The van der Waals surface area contributed by atoms with Crippen molar-refractivity contribution in [3.63, 3.8) is 0 Å². The Morgan fingerprint density at radius 1 is 1.07 bits per heavy atom. The molecule has 0 bridgehead atoms. The van der Waals surface area contributed by atoms with Crippen molar-refractivity contribution in [2.45, 2.75) is 26.9 Å². The summed E-state index contributed by atoms with van der Waals surface area (Å²) in [6.45, 7) is 0.832. The number of benzene rings is 2. The van der Waals surface area contributed by atoms with E-state index < -0.39 is 18.5 Å². The molecule has 30 heavy (non-hydrogen) atoms. The zero-order valence-electron chi connectivity index (χ0n) is 17.1. The fourth-order valence-electron chi connectivity index (χ4n) is 2.64. The first-order valence-corrected chi connectivity index (χ1v) is 9.00. The average molecular weight is 423 g/mol. The van der Waals surface area contributed by atoms with Gasteiger partial charge in [0.2, 0.25) is 5.91 Å². The molecule has 0 heterocycles. The molecule has 1 N–H and O–H groups in total. The number of amides is 1. The summed E-state index contributed by atoms with van der Waals surface area (Å²) < 4.78 is 45.0. The third kappa shape index (κ3) is 5.82. The van der Waals surface area contributed by atoms with E-state index in [4.69, 9.17) is 9.47 Å². The Bertz CT molecular complexity index is 917. The highest BCUT2D eigenvalue weighted by atomic mass is 19.3. The molecule has 162 valence electrons. The predicted octanol–water partition coefficient (Wildman–Crippen LogP) is 4.11. The molecule has 7 nitrogen and oxygen atoms in total. The normalized spacial score (nSPS) is 10.5. The highest BCUT2D eigenvalue weighted by molar-refractivity contribution is 6.02. The van der Waals surface area contributed by atoms with Crippen LogP contribution in [0.15, 0.2) is 30.3 Å². The Labute approximate surface area is 172 Å². The number of carbonyl (C=O) groups excluding carboxylic acids is 2. The number of hydrogen-bond acceptors (Lipinski definition) is 6. The molecule has 9 heteroatoms. The van der Waals surface area contributed by atoms with Crippen LogP contribution >= 0.6 is 0 Å². The van der Waals surface area contributed by atoms with Crippen LogP contribution in [0.3, 0.4) is 0 Å². The van der Waals surface area contributed by atoms with Crippen molar-refractivity contribution in [2.75, 3.05) is 26.1 Å². The molecule has 0 atom stereocenters. The van der Waals surface area contributed by atoms with Gasteiger partial charge in [-0.25, -0.2) is 4.79 Å². The number of anilines is 1. The number of carbonyl (C=O) groups is 2. The van der Waals surface area contributed by atoms with Gasteiger partial charge in [0, 0.05) is 12.1 Å². The Morgan fingerprint density at radius 2 is 1.80 bits per heavy atom. The minimum absolute atomic E-state index is 0.0366. The molecule has 0 aliphatic carbocycles. The van der Waals surface area contributed by atoms with Crippen molar-refractivity contribution < 1.29 is 37.3 Å². The van der Waals surface area contributed by atoms with Crippen LogP contribution in [0.5, 0.6) is 17.2 Å². The first-order chi connectivity index (χ1) is 14.3. The first-order valence-electron chi connectivity index (χ1n) is 9.00. The van der Waals surface area contributed by atoms with Crippen LogP contribution in [0.25, 0.3) is 0 Å². The second-order valence-electron chi connectivity index (χ2n) is 6.26. The van der Waals surface area contributed by atoms with Crippen molar-refractivity contribution in [1.82, 2.24) is 0 Å². The molecule has 2 rings (SSSR count). The fourth-order valence-corrected chi connectivity index (χ4v) is 2.64. The van der Waals surface area contributed by atoms with Gasteiger partial charge in [0.1, 0.15) is 5.75 Å². The zero-order valence-corrected chi connectivity index (χ0v) is 17.1. The molecule has 0 saturated heterocycles. The summed E-state index contributed by atoms with van der Waals surface area (Å²) in [7, 11) is 2.39. The van der Waals surface area contributed by atoms with Crippen LogP contribution < -0.4 is 19.5 Å². The number of ether oxygens (including phenoxy) is 4. The Morgan fingerprint density at radius 3 is 2.43 bits per heavy atom. The van der Waals surface area contributed by atoms with E-state index in [0.29, 0.717) is 5.75 Å². The van der Waals surface area contributed by atoms with Gasteiger partial charge in [-0.05, 0) is 31.0 Å². The van der Waals surface area contributed by atoms with E-state index in [1.807, 2.05) is 26.0 Å². The number of rotatable bonds is 9. The molecule has 0 radical (unpaired) electrons. The lowest BCUT2D eigenvalue weighted by Crippen LogP contribution is -2.18. The summed E-state index contributed by atoms with van der Waals surface area (Å²) in [5, 5.41) is 2.50.